The zero-order valence-corrected chi connectivity index (χ0v) is 17.4. The Bertz CT molecular complexity index is 1140. The minimum atomic E-state index is -0.157. The Morgan fingerprint density at radius 2 is 1.72 bits per heavy atom. The summed E-state index contributed by atoms with van der Waals surface area (Å²) in [7, 11) is 0. The lowest BCUT2D eigenvalue weighted by molar-refractivity contribution is -0.115. The van der Waals surface area contributed by atoms with Crippen LogP contribution in [-0.2, 0) is 11.2 Å². The highest BCUT2D eigenvalue weighted by molar-refractivity contribution is 7.13. The highest BCUT2D eigenvalue weighted by Gasteiger charge is 2.10. The Morgan fingerprint density at radius 1 is 0.966 bits per heavy atom. The van der Waals surface area contributed by atoms with Crippen LogP contribution in [-0.4, -0.2) is 15.9 Å². The third-order valence-corrected chi connectivity index (χ3v) is 5.98. The lowest BCUT2D eigenvalue weighted by Crippen LogP contribution is -2.14. The second kappa shape index (κ2) is 8.74. The molecule has 0 aliphatic rings. The van der Waals surface area contributed by atoms with E-state index in [1.54, 1.807) is 41.9 Å². The van der Waals surface area contributed by atoms with E-state index in [9.17, 15) is 4.79 Å². The quantitative estimate of drug-likeness (QED) is 0.393. The normalized spacial score (nSPS) is 10.7. The number of carbonyl (C=O) groups excluding carboxylic acids is 1. The fourth-order valence-electron chi connectivity index (χ4n) is 2.81. The second-order valence-corrected chi connectivity index (χ2v) is 7.94. The molecule has 0 saturated carbocycles. The van der Waals surface area contributed by atoms with Gasteiger partial charge in [0.25, 0.3) is 0 Å². The van der Waals surface area contributed by atoms with Crippen molar-refractivity contribution in [3.8, 4) is 21.8 Å². The van der Waals surface area contributed by atoms with Crippen molar-refractivity contribution in [2.24, 2.45) is 0 Å². The zero-order chi connectivity index (χ0) is 20.2. The SMILES string of the molecule is O=C(Cc1ccc(-c2csc(-c3ccncc3)n2)cc1)Nc1cccc(Cl)c1Cl. The van der Waals surface area contributed by atoms with E-state index in [0.29, 0.717) is 15.7 Å². The number of anilines is 1. The maximum Gasteiger partial charge on any atom is 0.228 e. The number of thiazole rings is 1. The van der Waals surface area contributed by atoms with Crippen molar-refractivity contribution in [1.82, 2.24) is 9.97 Å². The number of rotatable bonds is 5. The van der Waals surface area contributed by atoms with Gasteiger partial charge in [0, 0.05) is 28.9 Å². The first kappa shape index (κ1) is 19.6. The molecule has 29 heavy (non-hydrogen) atoms. The molecule has 4 aromatic rings. The summed E-state index contributed by atoms with van der Waals surface area (Å²) in [6, 6.07) is 16.8. The van der Waals surface area contributed by atoms with Gasteiger partial charge in [-0.25, -0.2) is 4.98 Å². The van der Waals surface area contributed by atoms with Crippen molar-refractivity contribution in [3.05, 3.63) is 88.0 Å². The summed E-state index contributed by atoms with van der Waals surface area (Å²) in [6.45, 7) is 0. The Kier molecular flexibility index (Phi) is 5.90. The minimum Gasteiger partial charge on any atom is -0.324 e. The maximum absolute atomic E-state index is 12.3. The van der Waals surface area contributed by atoms with E-state index in [4.69, 9.17) is 28.2 Å². The first-order valence-corrected chi connectivity index (χ1v) is 10.4. The number of aromatic nitrogens is 2. The minimum absolute atomic E-state index is 0.157. The highest BCUT2D eigenvalue weighted by Crippen LogP contribution is 2.30. The first-order chi connectivity index (χ1) is 14.1. The zero-order valence-electron chi connectivity index (χ0n) is 15.1. The summed E-state index contributed by atoms with van der Waals surface area (Å²) in [4.78, 5) is 21.1. The van der Waals surface area contributed by atoms with E-state index < -0.39 is 0 Å². The molecule has 2 aromatic heterocycles. The predicted molar refractivity (Wildman–Crippen MR) is 120 cm³/mol. The van der Waals surface area contributed by atoms with E-state index in [1.165, 1.54) is 0 Å². The Labute approximate surface area is 182 Å². The highest BCUT2D eigenvalue weighted by atomic mass is 35.5. The fraction of sp³-hybridized carbons (Fsp3) is 0.0455. The van der Waals surface area contributed by atoms with Crippen LogP contribution in [0.15, 0.2) is 72.4 Å². The van der Waals surface area contributed by atoms with Gasteiger partial charge in [0.2, 0.25) is 5.91 Å². The molecule has 4 nitrogen and oxygen atoms in total. The molecule has 0 fully saturated rings. The summed E-state index contributed by atoms with van der Waals surface area (Å²) in [6.07, 6.45) is 3.75. The molecule has 4 rings (SSSR count). The van der Waals surface area contributed by atoms with Gasteiger partial charge < -0.3 is 5.32 Å². The van der Waals surface area contributed by atoms with Gasteiger partial charge in [0.15, 0.2) is 0 Å². The summed E-state index contributed by atoms with van der Waals surface area (Å²) in [5.74, 6) is -0.157. The van der Waals surface area contributed by atoms with Crippen molar-refractivity contribution in [3.63, 3.8) is 0 Å². The lowest BCUT2D eigenvalue weighted by atomic mass is 10.1. The van der Waals surface area contributed by atoms with E-state index in [1.807, 2.05) is 41.8 Å². The van der Waals surface area contributed by atoms with Gasteiger partial charge in [-0.2, -0.15) is 0 Å². The molecular formula is C22H15Cl2N3OS. The number of pyridine rings is 1. The summed E-state index contributed by atoms with van der Waals surface area (Å²) < 4.78 is 0. The van der Waals surface area contributed by atoms with Crippen LogP contribution in [0.2, 0.25) is 10.0 Å². The predicted octanol–water partition coefficient (Wildman–Crippen LogP) is 6.36. The van der Waals surface area contributed by atoms with Crippen molar-refractivity contribution < 1.29 is 4.79 Å². The van der Waals surface area contributed by atoms with Crippen molar-refractivity contribution in [2.75, 3.05) is 5.32 Å². The molecule has 0 aliphatic carbocycles. The van der Waals surface area contributed by atoms with Gasteiger partial charge in [0.1, 0.15) is 5.01 Å². The third kappa shape index (κ3) is 4.65. The van der Waals surface area contributed by atoms with Crippen LogP contribution in [0.25, 0.3) is 21.8 Å². The number of hydrogen-bond acceptors (Lipinski definition) is 4. The smallest absolute Gasteiger partial charge is 0.228 e. The van der Waals surface area contributed by atoms with E-state index >= 15 is 0 Å². The molecular weight excluding hydrogens is 425 g/mol. The van der Waals surface area contributed by atoms with Crippen LogP contribution in [0, 0.1) is 0 Å². The number of nitrogens with one attached hydrogen (secondary N) is 1. The van der Waals surface area contributed by atoms with Gasteiger partial charge >= 0.3 is 0 Å². The molecule has 0 saturated heterocycles. The van der Waals surface area contributed by atoms with Crippen LogP contribution in [0.5, 0.6) is 0 Å². The molecule has 0 unspecified atom stereocenters. The molecule has 2 aromatic carbocycles. The Morgan fingerprint density at radius 3 is 2.48 bits per heavy atom. The monoisotopic (exact) mass is 439 g/mol. The number of nitrogens with zero attached hydrogens (tertiary/aromatic N) is 2. The number of carbonyl (C=O) groups is 1. The molecule has 0 aliphatic heterocycles. The topological polar surface area (TPSA) is 54.9 Å². The van der Waals surface area contributed by atoms with Crippen LogP contribution < -0.4 is 5.32 Å². The third-order valence-electron chi connectivity index (χ3n) is 4.27. The number of amides is 1. The van der Waals surface area contributed by atoms with E-state index in [2.05, 4.69) is 10.3 Å². The summed E-state index contributed by atoms with van der Waals surface area (Å²) >= 11 is 13.7. The Balaban J connectivity index is 1.44. The number of hydrogen-bond donors (Lipinski definition) is 1. The van der Waals surface area contributed by atoms with Gasteiger partial charge in [-0.1, -0.05) is 53.5 Å². The van der Waals surface area contributed by atoms with Gasteiger partial charge in [0.05, 0.1) is 27.8 Å². The molecule has 2 heterocycles. The molecule has 1 N–H and O–H groups in total. The lowest BCUT2D eigenvalue weighted by Gasteiger charge is -2.08. The average molecular weight is 440 g/mol. The van der Waals surface area contributed by atoms with Crippen molar-refractivity contribution in [1.29, 1.82) is 0 Å². The number of benzene rings is 2. The molecule has 0 spiro atoms. The van der Waals surface area contributed by atoms with Gasteiger partial charge in [-0.15, -0.1) is 11.3 Å². The van der Waals surface area contributed by atoms with E-state index in [-0.39, 0.29) is 12.3 Å². The molecule has 0 bridgehead atoms. The van der Waals surface area contributed by atoms with E-state index in [0.717, 1.165) is 27.4 Å². The molecule has 1 amide bonds. The van der Waals surface area contributed by atoms with Crippen LogP contribution >= 0.6 is 34.5 Å². The summed E-state index contributed by atoms with van der Waals surface area (Å²) in [5, 5.41) is 6.52. The molecule has 7 heteroatoms. The van der Waals surface area contributed by atoms with Crippen LogP contribution in [0.4, 0.5) is 5.69 Å². The Hall–Kier alpha value is -2.73. The molecule has 0 atom stereocenters. The van der Waals surface area contributed by atoms with Crippen LogP contribution in [0.1, 0.15) is 5.56 Å². The summed E-state index contributed by atoms with van der Waals surface area (Å²) in [5.41, 5.74) is 4.36. The fourth-order valence-corrected chi connectivity index (χ4v) is 3.99. The van der Waals surface area contributed by atoms with Crippen molar-refractivity contribution >= 4 is 46.1 Å². The van der Waals surface area contributed by atoms with Gasteiger partial charge in [-0.3, -0.25) is 9.78 Å². The largest absolute Gasteiger partial charge is 0.324 e. The second-order valence-electron chi connectivity index (χ2n) is 6.30. The van der Waals surface area contributed by atoms with Crippen LogP contribution in [0.3, 0.4) is 0 Å². The number of halogens is 2. The van der Waals surface area contributed by atoms with Crippen molar-refractivity contribution in [2.45, 2.75) is 6.42 Å². The van der Waals surface area contributed by atoms with Gasteiger partial charge in [-0.05, 0) is 29.8 Å². The molecule has 0 radical (unpaired) electrons. The standard InChI is InChI=1S/C22H15Cl2N3OS/c23-17-2-1-3-18(21(17)24)26-20(28)12-14-4-6-15(7-5-14)19-13-29-22(27-19)16-8-10-25-11-9-16/h1-11,13H,12H2,(H,26,28). The maximum atomic E-state index is 12.3. The molecule has 144 valence electrons. The average Bonchev–Trinajstić information content (AvgIpc) is 3.23. The first-order valence-electron chi connectivity index (χ1n) is 8.79.